The van der Waals surface area contributed by atoms with E-state index in [1.165, 1.54) is 0 Å². The second-order valence-corrected chi connectivity index (χ2v) is 10.8. The summed E-state index contributed by atoms with van der Waals surface area (Å²) in [6.07, 6.45) is 0. The molecule has 2 aliphatic rings. The van der Waals surface area contributed by atoms with E-state index in [1.807, 2.05) is 34.1 Å². The third-order valence-electron chi connectivity index (χ3n) is 6.40. The fraction of sp³-hybridized carbons (Fsp3) is 0.360. The fourth-order valence-electron chi connectivity index (χ4n) is 4.54. The van der Waals surface area contributed by atoms with E-state index in [0.717, 1.165) is 5.56 Å². The van der Waals surface area contributed by atoms with Crippen molar-refractivity contribution < 1.29 is 23.2 Å². The minimum Gasteiger partial charge on any atom is -0.365 e. The van der Waals surface area contributed by atoms with Crippen LogP contribution in [0.1, 0.15) is 22.8 Å². The molecule has 0 saturated carbocycles. The number of rotatable bonds is 6. The molecule has 0 radical (unpaired) electrons. The quantitative estimate of drug-likeness (QED) is 0.311. The number of carbonyl (C=O) groups is 2. The minimum atomic E-state index is -3.27. The first-order valence-corrected chi connectivity index (χ1v) is 13.0. The number of para-hydroxylation sites is 1. The maximum absolute atomic E-state index is 12.9. The molecule has 0 bridgehead atoms. The van der Waals surface area contributed by atoms with E-state index < -0.39 is 27.7 Å². The number of hydrogen-bond donors (Lipinski definition) is 3. The van der Waals surface area contributed by atoms with Gasteiger partial charge in [-0.3, -0.25) is 19.7 Å². The Balaban J connectivity index is 1.43. The van der Waals surface area contributed by atoms with Gasteiger partial charge in [-0.05, 0) is 36.8 Å². The summed E-state index contributed by atoms with van der Waals surface area (Å²) in [5.41, 5.74) is 3.77. The average molecular weight is 497 g/mol. The number of hydrogen-bond acceptors (Lipinski definition) is 7. The summed E-state index contributed by atoms with van der Waals surface area (Å²) in [6, 6.07) is 13.7. The van der Waals surface area contributed by atoms with Crippen LogP contribution in [-0.2, 0) is 21.2 Å². The zero-order valence-electron chi connectivity index (χ0n) is 19.4. The number of likely N-dealkylation sites (tertiary alicyclic amines) is 1. The number of benzene rings is 2. The van der Waals surface area contributed by atoms with Crippen LogP contribution in [-0.4, -0.2) is 68.3 Å². The first kappa shape index (κ1) is 24.7. The number of fused-ring (bicyclic) bond motifs is 1. The van der Waals surface area contributed by atoms with E-state index in [4.69, 9.17) is 5.21 Å². The van der Waals surface area contributed by atoms with Gasteiger partial charge < -0.3 is 10.2 Å². The molecule has 2 atom stereocenters. The van der Waals surface area contributed by atoms with Gasteiger partial charge in [-0.25, -0.2) is 13.9 Å². The highest BCUT2D eigenvalue weighted by molar-refractivity contribution is 7.91. The SMILES string of the molecule is CC#CCN1C[C@H](C(=O)NO)[C@H](NC(=O)c2ccc(CN3CCS(=O)(=O)c4ccccc43)cc2)C1. The summed E-state index contributed by atoms with van der Waals surface area (Å²) in [6.45, 7) is 3.97. The Morgan fingerprint density at radius 1 is 1.11 bits per heavy atom. The average Bonchev–Trinajstić information content (AvgIpc) is 3.27. The molecular formula is C25H28N4O5S. The van der Waals surface area contributed by atoms with E-state index >= 15 is 0 Å². The molecule has 10 heteroatoms. The number of sulfone groups is 1. The highest BCUT2D eigenvalue weighted by atomic mass is 32.2. The second-order valence-electron chi connectivity index (χ2n) is 8.69. The third kappa shape index (κ3) is 5.48. The first-order valence-electron chi connectivity index (χ1n) is 11.3. The molecule has 0 aliphatic carbocycles. The van der Waals surface area contributed by atoms with E-state index in [1.54, 1.807) is 36.7 Å². The first-order chi connectivity index (χ1) is 16.8. The Bertz CT molecular complexity index is 1270. The number of hydroxylamine groups is 1. The van der Waals surface area contributed by atoms with Crippen LogP contribution >= 0.6 is 0 Å². The van der Waals surface area contributed by atoms with E-state index in [-0.39, 0.29) is 11.7 Å². The van der Waals surface area contributed by atoms with Crippen LogP contribution < -0.4 is 15.7 Å². The smallest absolute Gasteiger partial charge is 0.251 e. The van der Waals surface area contributed by atoms with Gasteiger partial charge >= 0.3 is 0 Å². The van der Waals surface area contributed by atoms with Crippen molar-refractivity contribution in [1.29, 1.82) is 0 Å². The Morgan fingerprint density at radius 3 is 2.57 bits per heavy atom. The maximum Gasteiger partial charge on any atom is 0.251 e. The van der Waals surface area contributed by atoms with Crippen LogP contribution in [0.4, 0.5) is 5.69 Å². The molecule has 2 aromatic carbocycles. The fourth-order valence-corrected chi connectivity index (χ4v) is 6.02. The molecule has 0 unspecified atom stereocenters. The Morgan fingerprint density at radius 2 is 1.86 bits per heavy atom. The van der Waals surface area contributed by atoms with Crippen molar-refractivity contribution >= 4 is 27.3 Å². The van der Waals surface area contributed by atoms with Gasteiger partial charge in [0.25, 0.3) is 5.91 Å². The maximum atomic E-state index is 12.9. The van der Waals surface area contributed by atoms with Crippen molar-refractivity contribution in [3.63, 3.8) is 0 Å². The highest BCUT2D eigenvalue weighted by Gasteiger charge is 2.38. The van der Waals surface area contributed by atoms with Crippen molar-refractivity contribution in [2.45, 2.75) is 24.4 Å². The van der Waals surface area contributed by atoms with Gasteiger partial charge in [0.1, 0.15) is 0 Å². The Kier molecular flexibility index (Phi) is 7.40. The molecular weight excluding hydrogens is 468 g/mol. The van der Waals surface area contributed by atoms with Crippen molar-refractivity contribution in [1.82, 2.24) is 15.7 Å². The number of nitrogens with one attached hydrogen (secondary N) is 2. The van der Waals surface area contributed by atoms with Gasteiger partial charge in [0, 0.05) is 31.7 Å². The summed E-state index contributed by atoms with van der Waals surface area (Å²) >= 11 is 0. The molecule has 35 heavy (non-hydrogen) atoms. The summed E-state index contributed by atoms with van der Waals surface area (Å²) in [5.74, 6) is 4.40. The minimum absolute atomic E-state index is 0.0648. The van der Waals surface area contributed by atoms with E-state index in [0.29, 0.717) is 48.9 Å². The predicted molar refractivity (Wildman–Crippen MR) is 131 cm³/mol. The summed E-state index contributed by atoms with van der Waals surface area (Å²) in [7, 11) is -3.27. The summed E-state index contributed by atoms with van der Waals surface area (Å²) < 4.78 is 24.7. The molecule has 2 heterocycles. The van der Waals surface area contributed by atoms with Crippen LogP contribution in [0.25, 0.3) is 0 Å². The molecule has 4 rings (SSSR count). The number of amides is 2. The molecule has 2 amide bonds. The lowest BCUT2D eigenvalue weighted by Gasteiger charge is -2.31. The van der Waals surface area contributed by atoms with Crippen LogP contribution in [0.5, 0.6) is 0 Å². The van der Waals surface area contributed by atoms with Crippen LogP contribution in [0, 0.1) is 17.8 Å². The monoisotopic (exact) mass is 496 g/mol. The Hall–Kier alpha value is -3.39. The van der Waals surface area contributed by atoms with Gasteiger partial charge in [0.05, 0.1) is 34.8 Å². The third-order valence-corrected chi connectivity index (χ3v) is 8.13. The standard InChI is InChI=1S/C25H28N4O5S/c1-2-3-12-28-16-20(25(31)27-32)21(17-28)26-24(30)19-10-8-18(9-11-19)15-29-13-14-35(33,34)23-7-5-4-6-22(23)29/h4-11,20-21,32H,12-17H2,1H3,(H,26,30)(H,27,31)/t20-,21+/m0/s1. The Labute approximate surface area is 205 Å². The van der Waals surface area contributed by atoms with E-state index in [9.17, 15) is 18.0 Å². The zero-order valence-corrected chi connectivity index (χ0v) is 20.2. The topological polar surface area (TPSA) is 119 Å². The van der Waals surface area contributed by atoms with Gasteiger partial charge in [-0.15, -0.1) is 5.92 Å². The van der Waals surface area contributed by atoms with Gasteiger partial charge in [-0.1, -0.05) is 30.2 Å². The molecule has 0 aromatic heterocycles. The van der Waals surface area contributed by atoms with E-state index in [2.05, 4.69) is 17.2 Å². The van der Waals surface area contributed by atoms with Crippen molar-refractivity contribution in [3.05, 3.63) is 59.7 Å². The molecule has 2 aliphatic heterocycles. The molecule has 0 spiro atoms. The second kappa shape index (κ2) is 10.5. The molecule has 9 nitrogen and oxygen atoms in total. The zero-order chi connectivity index (χ0) is 25.0. The molecule has 2 aromatic rings. The van der Waals surface area contributed by atoms with Crippen molar-refractivity contribution in [3.8, 4) is 11.8 Å². The van der Waals surface area contributed by atoms with Crippen LogP contribution in [0.3, 0.4) is 0 Å². The molecule has 1 saturated heterocycles. The molecule has 3 N–H and O–H groups in total. The summed E-state index contributed by atoms with van der Waals surface area (Å²) in [4.78, 5) is 29.3. The lowest BCUT2D eigenvalue weighted by Crippen LogP contribution is -2.45. The van der Waals surface area contributed by atoms with Crippen LogP contribution in [0.2, 0.25) is 0 Å². The number of nitrogens with zero attached hydrogens (tertiary/aromatic N) is 2. The number of anilines is 1. The molecule has 1 fully saturated rings. The summed E-state index contributed by atoms with van der Waals surface area (Å²) in [5, 5.41) is 12.0. The highest BCUT2D eigenvalue weighted by Crippen LogP contribution is 2.31. The predicted octanol–water partition coefficient (Wildman–Crippen LogP) is 1.04. The lowest BCUT2D eigenvalue weighted by molar-refractivity contribution is -0.133. The van der Waals surface area contributed by atoms with Gasteiger partial charge in [0.2, 0.25) is 5.91 Å². The normalized spacial score (nSPS) is 20.9. The largest absolute Gasteiger partial charge is 0.365 e. The number of carbonyl (C=O) groups excluding carboxylic acids is 2. The van der Waals surface area contributed by atoms with Crippen molar-refractivity contribution in [2.75, 3.05) is 36.8 Å². The van der Waals surface area contributed by atoms with Gasteiger partial charge in [0.15, 0.2) is 9.84 Å². The van der Waals surface area contributed by atoms with Gasteiger partial charge in [-0.2, -0.15) is 0 Å². The lowest BCUT2D eigenvalue weighted by atomic mass is 10.0. The molecule has 184 valence electrons. The van der Waals surface area contributed by atoms with Crippen LogP contribution in [0.15, 0.2) is 53.4 Å². The van der Waals surface area contributed by atoms with Crippen molar-refractivity contribution in [2.24, 2.45) is 5.92 Å².